The molecule has 0 saturated carbocycles. The third-order valence-corrected chi connectivity index (χ3v) is 4.40. The lowest BCUT2D eigenvalue weighted by molar-refractivity contribution is -0.135. The Morgan fingerprint density at radius 1 is 1.40 bits per heavy atom. The molecule has 0 aromatic heterocycles. The highest BCUT2D eigenvalue weighted by Gasteiger charge is 2.26. The number of carbonyl (C=O) groups is 1. The molecule has 0 spiro atoms. The van der Waals surface area contributed by atoms with Crippen molar-refractivity contribution in [3.8, 4) is 0 Å². The highest BCUT2D eigenvalue weighted by molar-refractivity contribution is 7.88. The molecule has 7 nitrogen and oxygen atoms in total. The van der Waals surface area contributed by atoms with Gasteiger partial charge in [0, 0.05) is 32.2 Å². The zero-order valence-corrected chi connectivity index (χ0v) is 12.6. The van der Waals surface area contributed by atoms with E-state index in [2.05, 4.69) is 10.0 Å². The van der Waals surface area contributed by atoms with Crippen LogP contribution in [0.3, 0.4) is 0 Å². The maximum absolute atomic E-state index is 12.1. The molecule has 20 heavy (non-hydrogen) atoms. The van der Waals surface area contributed by atoms with Crippen LogP contribution < -0.4 is 10.0 Å². The van der Waals surface area contributed by atoms with Crippen LogP contribution in [-0.2, 0) is 19.6 Å². The van der Waals surface area contributed by atoms with Crippen LogP contribution in [0.4, 0.5) is 0 Å². The average Bonchev–Trinajstić information content (AvgIpc) is 2.39. The second-order valence-corrected chi connectivity index (χ2v) is 7.23. The van der Waals surface area contributed by atoms with Crippen molar-refractivity contribution < 1.29 is 17.9 Å². The summed E-state index contributed by atoms with van der Waals surface area (Å²) in [5, 5.41) is 3.20. The SMILES string of the molecule is CS(=O)(=O)NC1CCN(C(=O)CC2CNCCO2)CC1. The van der Waals surface area contributed by atoms with Crippen molar-refractivity contribution in [1.82, 2.24) is 14.9 Å². The minimum atomic E-state index is -3.17. The lowest BCUT2D eigenvalue weighted by Gasteiger charge is -2.33. The zero-order valence-electron chi connectivity index (χ0n) is 11.8. The van der Waals surface area contributed by atoms with Crippen molar-refractivity contribution in [2.45, 2.75) is 31.4 Å². The van der Waals surface area contributed by atoms with Crippen molar-refractivity contribution in [1.29, 1.82) is 0 Å². The number of hydrogen-bond donors (Lipinski definition) is 2. The van der Waals surface area contributed by atoms with Crippen molar-refractivity contribution >= 4 is 15.9 Å². The molecule has 2 N–H and O–H groups in total. The van der Waals surface area contributed by atoms with Gasteiger partial charge in [-0.3, -0.25) is 4.79 Å². The van der Waals surface area contributed by atoms with E-state index in [9.17, 15) is 13.2 Å². The van der Waals surface area contributed by atoms with Crippen LogP contribution in [0.2, 0.25) is 0 Å². The summed E-state index contributed by atoms with van der Waals surface area (Å²) in [6.07, 6.45) is 2.86. The number of hydrogen-bond acceptors (Lipinski definition) is 5. The third kappa shape index (κ3) is 5.01. The van der Waals surface area contributed by atoms with Crippen LogP contribution in [0.1, 0.15) is 19.3 Å². The first-order valence-corrected chi connectivity index (χ1v) is 8.90. The van der Waals surface area contributed by atoms with Gasteiger partial charge in [-0.05, 0) is 12.8 Å². The maximum Gasteiger partial charge on any atom is 0.225 e. The Balaban J connectivity index is 1.74. The molecule has 2 aliphatic heterocycles. The number of likely N-dealkylation sites (tertiary alicyclic amines) is 1. The number of sulfonamides is 1. The van der Waals surface area contributed by atoms with E-state index in [1.165, 1.54) is 0 Å². The molecule has 0 aromatic rings. The number of piperidine rings is 1. The number of nitrogens with one attached hydrogen (secondary N) is 2. The Labute approximate surface area is 120 Å². The molecule has 8 heteroatoms. The summed E-state index contributed by atoms with van der Waals surface area (Å²) >= 11 is 0. The summed E-state index contributed by atoms with van der Waals surface area (Å²) in [6, 6.07) is -0.0540. The maximum atomic E-state index is 12.1. The summed E-state index contributed by atoms with van der Waals surface area (Å²) in [4.78, 5) is 13.9. The van der Waals surface area contributed by atoms with E-state index >= 15 is 0 Å². The molecule has 0 bridgehead atoms. The number of rotatable bonds is 4. The minimum absolute atomic E-state index is 0.0388. The molecule has 0 radical (unpaired) electrons. The fraction of sp³-hybridized carbons (Fsp3) is 0.917. The van der Waals surface area contributed by atoms with Crippen LogP contribution >= 0.6 is 0 Å². The molecule has 0 aromatic carbocycles. The van der Waals surface area contributed by atoms with E-state index in [0.29, 0.717) is 39.0 Å². The third-order valence-electron chi connectivity index (χ3n) is 3.64. The summed E-state index contributed by atoms with van der Waals surface area (Å²) in [5.74, 6) is 0.0940. The van der Waals surface area contributed by atoms with Crippen molar-refractivity contribution in [3.63, 3.8) is 0 Å². The lowest BCUT2D eigenvalue weighted by atomic mass is 10.1. The van der Waals surface area contributed by atoms with E-state index in [-0.39, 0.29) is 18.1 Å². The molecular formula is C12H23N3O4S. The Kier molecular flexibility index (Phi) is 5.36. The number of amides is 1. The molecule has 2 heterocycles. The van der Waals surface area contributed by atoms with E-state index in [4.69, 9.17) is 4.74 Å². The van der Waals surface area contributed by atoms with Gasteiger partial charge in [-0.2, -0.15) is 0 Å². The second-order valence-electron chi connectivity index (χ2n) is 5.45. The first-order valence-electron chi connectivity index (χ1n) is 7.01. The van der Waals surface area contributed by atoms with Crippen molar-refractivity contribution in [2.75, 3.05) is 39.0 Å². The van der Waals surface area contributed by atoms with E-state index in [1.807, 2.05) is 0 Å². The Bertz CT molecular complexity index is 426. The molecule has 0 aliphatic carbocycles. The monoisotopic (exact) mass is 305 g/mol. The van der Waals surface area contributed by atoms with Gasteiger partial charge in [0.1, 0.15) is 0 Å². The first-order chi connectivity index (χ1) is 9.44. The normalized spacial score (nSPS) is 25.6. The second kappa shape index (κ2) is 6.84. The fourth-order valence-corrected chi connectivity index (χ4v) is 3.47. The van der Waals surface area contributed by atoms with Gasteiger partial charge in [0.2, 0.25) is 15.9 Å². The summed E-state index contributed by atoms with van der Waals surface area (Å²) in [5.41, 5.74) is 0. The smallest absolute Gasteiger partial charge is 0.225 e. The van der Waals surface area contributed by atoms with E-state index in [1.54, 1.807) is 4.90 Å². The molecule has 2 fully saturated rings. The number of nitrogens with zero attached hydrogens (tertiary/aromatic N) is 1. The summed E-state index contributed by atoms with van der Waals surface area (Å²) < 4.78 is 30.4. The average molecular weight is 305 g/mol. The van der Waals surface area contributed by atoms with Gasteiger partial charge in [-0.25, -0.2) is 13.1 Å². The molecular weight excluding hydrogens is 282 g/mol. The number of ether oxygens (including phenoxy) is 1. The predicted octanol–water partition coefficient (Wildman–Crippen LogP) is -1.09. The standard InChI is InChI=1S/C12H23N3O4S/c1-20(17,18)14-10-2-5-15(6-3-10)12(16)8-11-9-13-4-7-19-11/h10-11,13-14H,2-9H2,1H3. The van der Waals surface area contributed by atoms with E-state index < -0.39 is 10.0 Å². The first kappa shape index (κ1) is 15.7. The highest BCUT2D eigenvalue weighted by atomic mass is 32.2. The fourth-order valence-electron chi connectivity index (χ4n) is 2.62. The van der Waals surface area contributed by atoms with Gasteiger partial charge in [0.25, 0.3) is 0 Å². The van der Waals surface area contributed by atoms with Crippen LogP contribution in [0, 0.1) is 0 Å². The van der Waals surface area contributed by atoms with Gasteiger partial charge < -0.3 is 15.0 Å². The summed E-state index contributed by atoms with van der Waals surface area (Å²) in [7, 11) is -3.17. The van der Waals surface area contributed by atoms with Gasteiger partial charge in [0.15, 0.2) is 0 Å². The number of morpholine rings is 1. The molecule has 2 rings (SSSR count). The van der Waals surface area contributed by atoms with Crippen molar-refractivity contribution in [3.05, 3.63) is 0 Å². The van der Waals surface area contributed by atoms with Crippen LogP contribution in [-0.4, -0.2) is 70.4 Å². The predicted molar refractivity (Wildman–Crippen MR) is 74.8 cm³/mol. The highest BCUT2D eigenvalue weighted by Crippen LogP contribution is 2.14. The zero-order chi connectivity index (χ0) is 14.6. The van der Waals surface area contributed by atoms with Gasteiger partial charge in [0.05, 0.1) is 25.4 Å². The number of carbonyl (C=O) groups excluding carboxylic acids is 1. The Hall–Kier alpha value is -0.700. The summed E-state index contributed by atoms with van der Waals surface area (Å²) in [6.45, 7) is 3.42. The van der Waals surface area contributed by atoms with Crippen LogP contribution in [0.5, 0.6) is 0 Å². The molecule has 116 valence electrons. The van der Waals surface area contributed by atoms with Gasteiger partial charge in [-0.15, -0.1) is 0 Å². The Morgan fingerprint density at radius 3 is 2.65 bits per heavy atom. The molecule has 1 unspecified atom stereocenters. The largest absolute Gasteiger partial charge is 0.375 e. The van der Waals surface area contributed by atoms with Crippen LogP contribution in [0.25, 0.3) is 0 Å². The van der Waals surface area contributed by atoms with Crippen molar-refractivity contribution in [2.24, 2.45) is 0 Å². The van der Waals surface area contributed by atoms with Gasteiger partial charge >= 0.3 is 0 Å². The van der Waals surface area contributed by atoms with Gasteiger partial charge in [-0.1, -0.05) is 0 Å². The minimum Gasteiger partial charge on any atom is -0.375 e. The molecule has 1 atom stereocenters. The van der Waals surface area contributed by atoms with E-state index in [0.717, 1.165) is 19.3 Å². The molecule has 2 saturated heterocycles. The van der Waals surface area contributed by atoms with Crippen LogP contribution in [0.15, 0.2) is 0 Å². The topological polar surface area (TPSA) is 87.7 Å². The Morgan fingerprint density at radius 2 is 2.10 bits per heavy atom. The lowest BCUT2D eigenvalue weighted by Crippen LogP contribution is -2.48. The molecule has 2 aliphatic rings. The quantitative estimate of drug-likeness (QED) is 0.689. The molecule has 1 amide bonds.